The Bertz CT molecular complexity index is 497. The third-order valence-electron chi connectivity index (χ3n) is 5.93. The van der Waals surface area contributed by atoms with E-state index in [0.29, 0.717) is 17.4 Å². The molecular formula is C20H31N. The Labute approximate surface area is 130 Å². The van der Waals surface area contributed by atoms with Crippen molar-refractivity contribution in [2.24, 2.45) is 23.0 Å². The molecule has 21 heavy (non-hydrogen) atoms. The maximum atomic E-state index is 6.45. The summed E-state index contributed by atoms with van der Waals surface area (Å²) in [5, 5.41) is 0. The van der Waals surface area contributed by atoms with Crippen molar-refractivity contribution in [3.05, 3.63) is 34.9 Å². The van der Waals surface area contributed by atoms with Crippen molar-refractivity contribution in [1.82, 2.24) is 0 Å². The van der Waals surface area contributed by atoms with E-state index in [1.807, 2.05) is 0 Å². The molecule has 1 heteroatoms. The molecule has 0 spiro atoms. The van der Waals surface area contributed by atoms with Gasteiger partial charge in [-0.05, 0) is 78.9 Å². The summed E-state index contributed by atoms with van der Waals surface area (Å²) in [7, 11) is 0. The monoisotopic (exact) mass is 285 g/mol. The molecule has 1 aromatic rings. The van der Waals surface area contributed by atoms with Crippen LogP contribution in [0, 0.1) is 17.3 Å². The van der Waals surface area contributed by atoms with Crippen LogP contribution in [0.15, 0.2) is 18.2 Å². The van der Waals surface area contributed by atoms with Crippen LogP contribution in [0.2, 0.25) is 0 Å². The van der Waals surface area contributed by atoms with Gasteiger partial charge in [0.25, 0.3) is 0 Å². The van der Waals surface area contributed by atoms with Crippen LogP contribution in [-0.4, -0.2) is 6.04 Å². The van der Waals surface area contributed by atoms with Gasteiger partial charge in [-0.15, -0.1) is 0 Å². The van der Waals surface area contributed by atoms with Crippen LogP contribution in [0.25, 0.3) is 0 Å². The second kappa shape index (κ2) is 5.76. The predicted molar refractivity (Wildman–Crippen MR) is 90.4 cm³/mol. The molecule has 3 unspecified atom stereocenters. The van der Waals surface area contributed by atoms with E-state index in [4.69, 9.17) is 5.73 Å². The maximum absolute atomic E-state index is 6.45. The standard InChI is InChI=1S/C20H31N/c1-20(2,3)18-9-10-19(21)17(13-18)12-14-7-8-15-5-4-6-16(15)11-14/h7-8,11,17-19H,4-6,9-10,12-13,21H2,1-3H3. The predicted octanol–water partition coefficient (Wildman–Crippen LogP) is 4.51. The van der Waals surface area contributed by atoms with Gasteiger partial charge in [-0.3, -0.25) is 0 Å². The Morgan fingerprint density at radius 1 is 1.10 bits per heavy atom. The second-order valence-electron chi connectivity index (χ2n) is 8.46. The Morgan fingerprint density at radius 2 is 1.86 bits per heavy atom. The van der Waals surface area contributed by atoms with E-state index >= 15 is 0 Å². The highest BCUT2D eigenvalue weighted by atomic mass is 14.7. The van der Waals surface area contributed by atoms with E-state index in [1.54, 1.807) is 11.1 Å². The first-order valence-corrected chi connectivity index (χ1v) is 8.80. The van der Waals surface area contributed by atoms with Crippen molar-refractivity contribution >= 4 is 0 Å². The van der Waals surface area contributed by atoms with E-state index in [1.165, 1.54) is 50.5 Å². The highest BCUT2D eigenvalue weighted by Crippen LogP contribution is 2.41. The molecule has 3 atom stereocenters. The molecule has 3 rings (SSSR count). The van der Waals surface area contributed by atoms with E-state index in [0.717, 1.165) is 5.92 Å². The minimum Gasteiger partial charge on any atom is -0.327 e. The lowest BCUT2D eigenvalue weighted by atomic mass is 9.66. The third kappa shape index (κ3) is 3.34. The van der Waals surface area contributed by atoms with Gasteiger partial charge in [0.2, 0.25) is 0 Å². The smallest absolute Gasteiger partial charge is 0.00705 e. The average Bonchev–Trinajstić information content (AvgIpc) is 2.87. The van der Waals surface area contributed by atoms with Crippen LogP contribution in [0.3, 0.4) is 0 Å². The quantitative estimate of drug-likeness (QED) is 0.850. The molecule has 0 aliphatic heterocycles. The number of aryl methyl sites for hydroxylation is 2. The number of hydrogen-bond acceptors (Lipinski definition) is 1. The molecular weight excluding hydrogens is 254 g/mol. The van der Waals surface area contributed by atoms with E-state index in [9.17, 15) is 0 Å². The van der Waals surface area contributed by atoms with Gasteiger partial charge in [0.05, 0.1) is 0 Å². The Hall–Kier alpha value is -0.820. The minimum atomic E-state index is 0.400. The third-order valence-corrected chi connectivity index (χ3v) is 5.93. The van der Waals surface area contributed by atoms with Crippen molar-refractivity contribution in [2.75, 3.05) is 0 Å². The molecule has 0 amide bonds. The molecule has 1 aromatic carbocycles. The number of benzene rings is 1. The molecule has 2 aliphatic rings. The van der Waals surface area contributed by atoms with Gasteiger partial charge in [-0.25, -0.2) is 0 Å². The van der Waals surface area contributed by atoms with Gasteiger partial charge in [-0.1, -0.05) is 39.0 Å². The summed E-state index contributed by atoms with van der Waals surface area (Å²) in [6.45, 7) is 7.17. The fourth-order valence-corrected chi connectivity index (χ4v) is 4.36. The minimum absolute atomic E-state index is 0.400. The SMILES string of the molecule is CC(C)(C)C1CCC(N)C(Cc2ccc3c(c2)CCC3)C1. The molecule has 0 radical (unpaired) electrons. The summed E-state index contributed by atoms with van der Waals surface area (Å²) in [6, 6.07) is 7.59. The molecule has 0 saturated heterocycles. The summed E-state index contributed by atoms with van der Waals surface area (Å²) in [6.07, 6.45) is 8.91. The fourth-order valence-electron chi connectivity index (χ4n) is 4.36. The highest BCUT2D eigenvalue weighted by molar-refractivity contribution is 5.35. The van der Waals surface area contributed by atoms with Crippen LogP contribution in [-0.2, 0) is 19.3 Å². The van der Waals surface area contributed by atoms with Gasteiger partial charge in [0, 0.05) is 6.04 Å². The van der Waals surface area contributed by atoms with Crippen LogP contribution < -0.4 is 5.73 Å². The molecule has 1 fully saturated rings. The zero-order valence-electron chi connectivity index (χ0n) is 14.0. The summed E-state index contributed by atoms with van der Waals surface area (Å²) < 4.78 is 0. The molecule has 1 saturated carbocycles. The molecule has 0 aromatic heterocycles. The van der Waals surface area contributed by atoms with Crippen LogP contribution >= 0.6 is 0 Å². The molecule has 2 aliphatic carbocycles. The first kappa shape index (κ1) is 15.1. The van der Waals surface area contributed by atoms with Crippen molar-refractivity contribution in [1.29, 1.82) is 0 Å². The van der Waals surface area contributed by atoms with E-state index < -0.39 is 0 Å². The average molecular weight is 285 g/mol. The van der Waals surface area contributed by atoms with Gasteiger partial charge >= 0.3 is 0 Å². The number of nitrogens with two attached hydrogens (primary N) is 1. The topological polar surface area (TPSA) is 26.0 Å². The normalized spacial score (nSPS) is 29.4. The zero-order chi connectivity index (χ0) is 15.0. The highest BCUT2D eigenvalue weighted by Gasteiger charge is 2.34. The van der Waals surface area contributed by atoms with Crippen molar-refractivity contribution < 1.29 is 0 Å². The van der Waals surface area contributed by atoms with E-state index in [-0.39, 0.29) is 0 Å². The molecule has 2 N–H and O–H groups in total. The van der Waals surface area contributed by atoms with Gasteiger partial charge in [0.1, 0.15) is 0 Å². The summed E-state index contributed by atoms with van der Waals surface area (Å²) in [5.74, 6) is 1.50. The Kier molecular flexibility index (Phi) is 4.14. The van der Waals surface area contributed by atoms with Gasteiger partial charge < -0.3 is 5.73 Å². The largest absolute Gasteiger partial charge is 0.327 e. The summed E-state index contributed by atoms with van der Waals surface area (Å²) in [4.78, 5) is 0. The number of hydrogen-bond donors (Lipinski definition) is 1. The fraction of sp³-hybridized carbons (Fsp3) is 0.700. The molecule has 0 heterocycles. The zero-order valence-corrected chi connectivity index (χ0v) is 14.0. The Balaban J connectivity index is 1.70. The molecule has 116 valence electrons. The first-order chi connectivity index (χ1) is 9.93. The van der Waals surface area contributed by atoms with Gasteiger partial charge in [0.15, 0.2) is 0 Å². The van der Waals surface area contributed by atoms with Crippen LogP contribution in [0.4, 0.5) is 0 Å². The number of rotatable bonds is 2. The van der Waals surface area contributed by atoms with Crippen molar-refractivity contribution in [2.45, 2.75) is 71.8 Å². The molecule has 0 bridgehead atoms. The lowest BCUT2D eigenvalue weighted by Crippen LogP contribution is -2.40. The maximum Gasteiger partial charge on any atom is 0.00705 e. The number of fused-ring (bicyclic) bond motifs is 1. The second-order valence-corrected chi connectivity index (χ2v) is 8.46. The lowest BCUT2D eigenvalue weighted by molar-refractivity contribution is 0.127. The Morgan fingerprint density at radius 3 is 2.62 bits per heavy atom. The van der Waals surface area contributed by atoms with Crippen molar-refractivity contribution in [3.63, 3.8) is 0 Å². The van der Waals surface area contributed by atoms with E-state index in [2.05, 4.69) is 39.0 Å². The molecule has 1 nitrogen and oxygen atoms in total. The van der Waals surface area contributed by atoms with Crippen LogP contribution in [0.1, 0.15) is 63.1 Å². The summed E-state index contributed by atoms with van der Waals surface area (Å²) in [5.41, 5.74) is 11.6. The van der Waals surface area contributed by atoms with Crippen molar-refractivity contribution in [3.8, 4) is 0 Å². The summed E-state index contributed by atoms with van der Waals surface area (Å²) >= 11 is 0. The lowest BCUT2D eigenvalue weighted by Gasteiger charge is -2.40. The first-order valence-electron chi connectivity index (χ1n) is 8.80. The van der Waals surface area contributed by atoms with Gasteiger partial charge in [-0.2, -0.15) is 0 Å². The van der Waals surface area contributed by atoms with Crippen LogP contribution in [0.5, 0.6) is 0 Å².